The molecule has 0 heterocycles. The molecule has 0 amide bonds. The largest absolute Gasteiger partial charge is 0.466 e. The molecule has 0 bridgehead atoms. The molecule has 1 aliphatic rings. The lowest BCUT2D eigenvalue weighted by molar-refractivity contribution is -0.136. The van der Waals surface area contributed by atoms with Crippen molar-refractivity contribution in [2.75, 3.05) is 7.11 Å². The van der Waals surface area contributed by atoms with Crippen LogP contribution >= 0.6 is 0 Å². The first-order chi connectivity index (χ1) is 8.54. The summed E-state index contributed by atoms with van der Waals surface area (Å²) in [7, 11) is 1.45. The van der Waals surface area contributed by atoms with Crippen molar-refractivity contribution in [3.8, 4) is 0 Å². The van der Waals surface area contributed by atoms with E-state index in [2.05, 4.69) is 32.9 Å². The average molecular weight is 244 g/mol. The van der Waals surface area contributed by atoms with Crippen molar-refractivity contribution in [3.05, 3.63) is 46.0 Å². The summed E-state index contributed by atoms with van der Waals surface area (Å²) in [5.74, 6) is 0.0231. The van der Waals surface area contributed by atoms with E-state index in [4.69, 9.17) is 4.74 Å². The van der Waals surface area contributed by atoms with E-state index in [-0.39, 0.29) is 11.9 Å². The van der Waals surface area contributed by atoms with E-state index in [0.29, 0.717) is 0 Å². The number of hydrogen-bond acceptors (Lipinski definition) is 2. The van der Waals surface area contributed by atoms with E-state index >= 15 is 0 Å². The molecule has 0 saturated heterocycles. The van der Waals surface area contributed by atoms with Gasteiger partial charge in [-0.25, -0.2) is 4.79 Å². The lowest BCUT2D eigenvalue weighted by Gasteiger charge is -2.19. The Hall–Kier alpha value is -1.57. The second kappa shape index (κ2) is 4.97. The summed E-state index contributed by atoms with van der Waals surface area (Å²) in [5, 5.41) is 0. The van der Waals surface area contributed by atoms with Crippen LogP contribution in [0.4, 0.5) is 0 Å². The fraction of sp³-hybridized carbons (Fsp3) is 0.438. The van der Waals surface area contributed by atoms with E-state index in [1.54, 1.807) is 0 Å². The number of carbonyl (C=O) groups is 1. The quantitative estimate of drug-likeness (QED) is 0.743. The second-order valence-electron chi connectivity index (χ2n) is 5.09. The minimum atomic E-state index is -0.183. The first kappa shape index (κ1) is 12.9. The van der Waals surface area contributed by atoms with Gasteiger partial charge in [0.05, 0.1) is 7.11 Å². The molecule has 2 heteroatoms. The van der Waals surface area contributed by atoms with E-state index in [9.17, 15) is 4.79 Å². The number of ether oxygens (including phenoxy) is 1. The number of allylic oxidation sites excluding steroid dienone is 1. The summed E-state index contributed by atoms with van der Waals surface area (Å²) in [4.78, 5) is 11.8. The van der Waals surface area contributed by atoms with Gasteiger partial charge in [-0.05, 0) is 50.3 Å². The average Bonchev–Trinajstić information content (AvgIpc) is 2.75. The Labute approximate surface area is 109 Å². The molecule has 0 aliphatic heterocycles. The van der Waals surface area contributed by atoms with E-state index in [0.717, 1.165) is 18.4 Å². The maximum Gasteiger partial charge on any atom is 0.334 e. The van der Waals surface area contributed by atoms with Gasteiger partial charge >= 0.3 is 5.97 Å². The fourth-order valence-corrected chi connectivity index (χ4v) is 3.09. The lowest BCUT2D eigenvalue weighted by Crippen LogP contribution is -2.12. The van der Waals surface area contributed by atoms with Crippen LogP contribution in [0.2, 0.25) is 0 Å². The van der Waals surface area contributed by atoms with E-state index in [1.165, 1.54) is 29.4 Å². The predicted molar refractivity (Wildman–Crippen MR) is 72.7 cm³/mol. The smallest absolute Gasteiger partial charge is 0.334 e. The molecule has 2 nitrogen and oxygen atoms in total. The number of carbonyl (C=O) groups excluding carboxylic acids is 1. The topological polar surface area (TPSA) is 26.3 Å². The zero-order valence-electron chi connectivity index (χ0n) is 11.5. The number of benzene rings is 1. The Morgan fingerprint density at radius 2 is 1.83 bits per heavy atom. The van der Waals surface area contributed by atoms with Gasteiger partial charge in [-0.3, -0.25) is 0 Å². The van der Waals surface area contributed by atoms with Crippen LogP contribution in [0, 0.1) is 20.8 Å². The molecule has 1 atom stereocenters. The molecule has 96 valence electrons. The standard InChI is InChI=1S/C16H20O2/c1-10-8-11(2)15(12(3)9-10)13-6-5-7-14(13)16(17)18-4/h7-9,13H,5-6H2,1-4H3/t13-/m1/s1. The summed E-state index contributed by atoms with van der Waals surface area (Å²) >= 11 is 0. The molecule has 18 heavy (non-hydrogen) atoms. The number of hydrogen-bond donors (Lipinski definition) is 0. The van der Waals surface area contributed by atoms with Gasteiger partial charge in [-0.2, -0.15) is 0 Å². The first-order valence-corrected chi connectivity index (χ1v) is 6.40. The zero-order valence-corrected chi connectivity index (χ0v) is 11.5. The van der Waals surface area contributed by atoms with Crippen LogP contribution in [0.5, 0.6) is 0 Å². The normalized spacial score (nSPS) is 18.7. The summed E-state index contributed by atoms with van der Waals surface area (Å²) < 4.78 is 4.88. The Bertz CT molecular complexity index is 489. The van der Waals surface area contributed by atoms with Gasteiger partial charge in [0.15, 0.2) is 0 Å². The van der Waals surface area contributed by atoms with Crippen LogP contribution in [0.15, 0.2) is 23.8 Å². The monoisotopic (exact) mass is 244 g/mol. The Kier molecular flexibility index (Phi) is 3.55. The maximum absolute atomic E-state index is 11.8. The summed E-state index contributed by atoms with van der Waals surface area (Å²) in [6.45, 7) is 6.36. The molecule has 0 spiro atoms. The molecule has 0 aromatic heterocycles. The maximum atomic E-state index is 11.8. The van der Waals surface area contributed by atoms with Crippen LogP contribution in [-0.2, 0) is 9.53 Å². The van der Waals surface area contributed by atoms with Gasteiger partial charge in [0.1, 0.15) is 0 Å². The predicted octanol–water partition coefficient (Wildman–Crippen LogP) is 3.59. The van der Waals surface area contributed by atoms with Crippen molar-refractivity contribution in [2.45, 2.75) is 39.5 Å². The highest BCUT2D eigenvalue weighted by Crippen LogP contribution is 2.39. The third-order valence-corrected chi connectivity index (χ3v) is 3.70. The molecule has 1 aromatic carbocycles. The lowest BCUT2D eigenvalue weighted by atomic mass is 9.85. The van der Waals surface area contributed by atoms with Crippen molar-refractivity contribution in [1.29, 1.82) is 0 Å². The summed E-state index contributed by atoms with van der Waals surface area (Å²) in [6, 6.07) is 4.38. The minimum Gasteiger partial charge on any atom is -0.466 e. The molecule has 0 saturated carbocycles. The van der Waals surface area contributed by atoms with E-state index < -0.39 is 0 Å². The molecule has 1 aromatic rings. The van der Waals surface area contributed by atoms with Crippen LogP contribution in [0.1, 0.15) is 41.0 Å². The van der Waals surface area contributed by atoms with Gasteiger partial charge in [0.2, 0.25) is 0 Å². The van der Waals surface area contributed by atoms with E-state index in [1.807, 2.05) is 6.08 Å². The zero-order chi connectivity index (χ0) is 13.3. The Morgan fingerprint density at radius 1 is 1.22 bits per heavy atom. The van der Waals surface area contributed by atoms with Crippen LogP contribution in [0.25, 0.3) is 0 Å². The van der Waals surface area contributed by atoms with Crippen LogP contribution in [0.3, 0.4) is 0 Å². The molecule has 0 N–H and O–H groups in total. The Balaban J connectivity index is 2.44. The van der Waals surface area contributed by atoms with Crippen molar-refractivity contribution in [1.82, 2.24) is 0 Å². The SMILES string of the molecule is COC(=O)C1=CCC[C@H]1c1c(C)cc(C)cc1C. The molecule has 0 fully saturated rings. The van der Waals surface area contributed by atoms with Gasteiger partial charge in [-0.15, -0.1) is 0 Å². The van der Waals surface area contributed by atoms with Gasteiger partial charge in [0.25, 0.3) is 0 Å². The molecule has 1 aliphatic carbocycles. The molecule has 2 rings (SSSR count). The molecular weight excluding hydrogens is 224 g/mol. The fourth-order valence-electron chi connectivity index (χ4n) is 3.09. The van der Waals surface area contributed by atoms with Crippen molar-refractivity contribution in [3.63, 3.8) is 0 Å². The molecular formula is C16H20O2. The highest BCUT2D eigenvalue weighted by Gasteiger charge is 2.29. The number of aryl methyl sites for hydroxylation is 3. The van der Waals surface area contributed by atoms with Crippen LogP contribution in [-0.4, -0.2) is 13.1 Å². The van der Waals surface area contributed by atoms with Crippen molar-refractivity contribution < 1.29 is 9.53 Å². The number of esters is 1. The summed E-state index contributed by atoms with van der Waals surface area (Å²) in [5.41, 5.74) is 5.95. The number of methoxy groups -OCH3 is 1. The molecule has 0 unspecified atom stereocenters. The highest BCUT2D eigenvalue weighted by molar-refractivity contribution is 5.91. The van der Waals surface area contributed by atoms with Crippen LogP contribution < -0.4 is 0 Å². The first-order valence-electron chi connectivity index (χ1n) is 6.40. The van der Waals surface area contributed by atoms with Gasteiger partial charge in [0, 0.05) is 11.5 Å². The summed E-state index contributed by atoms with van der Waals surface area (Å²) in [6.07, 6.45) is 3.99. The Morgan fingerprint density at radius 3 is 2.39 bits per heavy atom. The van der Waals surface area contributed by atoms with Crippen molar-refractivity contribution in [2.24, 2.45) is 0 Å². The molecule has 0 radical (unpaired) electrons. The number of rotatable bonds is 2. The third kappa shape index (κ3) is 2.20. The van der Waals surface area contributed by atoms with Gasteiger partial charge < -0.3 is 4.74 Å². The minimum absolute atomic E-state index is 0.183. The second-order valence-corrected chi connectivity index (χ2v) is 5.09. The third-order valence-electron chi connectivity index (χ3n) is 3.70. The van der Waals surface area contributed by atoms with Crippen molar-refractivity contribution >= 4 is 5.97 Å². The highest BCUT2D eigenvalue weighted by atomic mass is 16.5. The van der Waals surface area contributed by atoms with Gasteiger partial charge in [-0.1, -0.05) is 23.8 Å².